The second-order valence-electron chi connectivity index (χ2n) is 4.40. The van der Waals surface area contributed by atoms with Gasteiger partial charge in [-0.15, -0.1) is 0 Å². The Morgan fingerprint density at radius 2 is 2.25 bits per heavy atom. The van der Waals surface area contributed by atoms with Gasteiger partial charge in [0.15, 0.2) is 0 Å². The molecule has 1 atom stereocenters. The van der Waals surface area contributed by atoms with Crippen molar-refractivity contribution in [2.24, 2.45) is 5.73 Å². The maximum Gasteiger partial charge on any atom is 0.307 e. The fourth-order valence-electron chi connectivity index (χ4n) is 1.94. The molecule has 0 fully saturated rings. The van der Waals surface area contributed by atoms with Gasteiger partial charge in [0.2, 0.25) is 0 Å². The van der Waals surface area contributed by atoms with Gasteiger partial charge in [0, 0.05) is 6.54 Å². The quantitative estimate of drug-likeness (QED) is 0.616. The highest BCUT2D eigenvalue weighted by Crippen LogP contribution is 2.21. The van der Waals surface area contributed by atoms with E-state index in [2.05, 4.69) is 0 Å². The zero-order valence-electron chi connectivity index (χ0n) is 11.6. The predicted octanol–water partition coefficient (Wildman–Crippen LogP) is 2.04. The van der Waals surface area contributed by atoms with Crippen molar-refractivity contribution in [3.05, 3.63) is 35.6 Å². The van der Waals surface area contributed by atoms with Crippen molar-refractivity contribution >= 4 is 23.2 Å². The van der Waals surface area contributed by atoms with Gasteiger partial charge in [-0.3, -0.25) is 9.69 Å². The van der Waals surface area contributed by atoms with Gasteiger partial charge < -0.3 is 10.5 Å². The van der Waals surface area contributed by atoms with Gasteiger partial charge >= 0.3 is 5.97 Å². The molecule has 0 heterocycles. The van der Waals surface area contributed by atoms with Crippen molar-refractivity contribution in [3.8, 4) is 0 Å². The second kappa shape index (κ2) is 7.91. The molecule has 0 aromatic heterocycles. The summed E-state index contributed by atoms with van der Waals surface area (Å²) in [5.41, 5.74) is 6.41. The van der Waals surface area contributed by atoms with E-state index in [1.54, 1.807) is 26.1 Å². The Labute approximate surface area is 123 Å². The molecule has 0 aliphatic carbocycles. The summed E-state index contributed by atoms with van der Waals surface area (Å²) < 4.78 is 18.2. The molecule has 6 heteroatoms. The first-order valence-electron chi connectivity index (χ1n) is 6.36. The van der Waals surface area contributed by atoms with E-state index in [0.29, 0.717) is 18.7 Å². The van der Waals surface area contributed by atoms with Crippen LogP contribution in [0.4, 0.5) is 4.39 Å². The number of ether oxygens (including phenoxy) is 1. The summed E-state index contributed by atoms with van der Waals surface area (Å²) in [6, 6.07) is 5.71. The van der Waals surface area contributed by atoms with Gasteiger partial charge in [0.25, 0.3) is 0 Å². The van der Waals surface area contributed by atoms with Gasteiger partial charge in [-0.25, -0.2) is 4.39 Å². The number of hydrogen-bond donors (Lipinski definition) is 1. The number of hydrogen-bond acceptors (Lipinski definition) is 4. The first-order valence-corrected chi connectivity index (χ1v) is 6.77. The monoisotopic (exact) mass is 298 g/mol. The number of halogens is 1. The molecule has 0 spiro atoms. The standard InChI is InChI=1S/C14H19FN2O2S/c1-3-19-12(18)7-8-17(2)13(14(16)20)10-5-4-6-11(15)9-10/h4-6,9,13H,3,7-8H2,1-2H3,(H2,16,20). The number of carbonyl (C=O) groups excluding carboxylic acids is 1. The average molecular weight is 298 g/mol. The molecular weight excluding hydrogens is 279 g/mol. The van der Waals surface area contributed by atoms with E-state index in [0.717, 1.165) is 0 Å². The summed E-state index contributed by atoms with van der Waals surface area (Å²) in [5, 5.41) is 0. The van der Waals surface area contributed by atoms with Gasteiger partial charge in [-0.05, 0) is 31.7 Å². The number of esters is 1. The number of nitrogens with two attached hydrogens (primary N) is 1. The van der Waals surface area contributed by atoms with Crippen LogP contribution in [-0.2, 0) is 9.53 Å². The Kier molecular flexibility index (Phi) is 6.54. The highest BCUT2D eigenvalue weighted by atomic mass is 32.1. The minimum Gasteiger partial charge on any atom is -0.466 e. The van der Waals surface area contributed by atoms with Crippen molar-refractivity contribution in [2.45, 2.75) is 19.4 Å². The van der Waals surface area contributed by atoms with Crippen molar-refractivity contribution in [2.75, 3.05) is 20.2 Å². The van der Waals surface area contributed by atoms with E-state index in [9.17, 15) is 9.18 Å². The molecule has 0 aliphatic rings. The molecule has 0 amide bonds. The van der Waals surface area contributed by atoms with Crippen LogP contribution in [0.25, 0.3) is 0 Å². The van der Waals surface area contributed by atoms with Crippen LogP contribution in [0.15, 0.2) is 24.3 Å². The van der Waals surface area contributed by atoms with E-state index in [1.165, 1.54) is 12.1 Å². The first-order chi connectivity index (χ1) is 9.45. The summed E-state index contributed by atoms with van der Waals surface area (Å²) in [7, 11) is 1.79. The van der Waals surface area contributed by atoms with Crippen LogP contribution in [0.2, 0.25) is 0 Å². The lowest BCUT2D eigenvalue weighted by Crippen LogP contribution is -2.35. The summed E-state index contributed by atoms with van der Waals surface area (Å²) in [4.78, 5) is 13.4. The minimum atomic E-state index is -0.407. The van der Waals surface area contributed by atoms with Crippen LogP contribution in [0, 0.1) is 5.82 Å². The lowest BCUT2D eigenvalue weighted by atomic mass is 10.1. The Morgan fingerprint density at radius 3 is 2.80 bits per heavy atom. The molecule has 110 valence electrons. The van der Waals surface area contributed by atoms with Crippen LogP contribution in [0.3, 0.4) is 0 Å². The molecule has 0 radical (unpaired) electrons. The van der Waals surface area contributed by atoms with E-state index in [-0.39, 0.29) is 23.2 Å². The fourth-order valence-corrected chi connectivity index (χ4v) is 2.26. The van der Waals surface area contributed by atoms with Crippen LogP contribution < -0.4 is 5.73 Å². The smallest absolute Gasteiger partial charge is 0.307 e. The summed E-state index contributed by atoms with van der Waals surface area (Å²) >= 11 is 5.05. The SMILES string of the molecule is CCOC(=O)CCN(C)C(C(N)=S)c1cccc(F)c1. The Morgan fingerprint density at radius 1 is 1.55 bits per heavy atom. The molecule has 20 heavy (non-hydrogen) atoms. The summed E-state index contributed by atoms with van der Waals surface area (Å²) in [6.07, 6.45) is 0.235. The topological polar surface area (TPSA) is 55.6 Å². The molecule has 1 aromatic rings. The van der Waals surface area contributed by atoms with Gasteiger partial charge in [0.05, 0.1) is 24.1 Å². The summed E-state index contributed by atoms with van der Waals surface area (Å²) in [6.45, 7) is 2.54. The van der Waals surface area contributed by atoms with E-state index >= 15 is 0 Å². The third-order valence-corrected chi connectivity index (χ3v) is 3.07. The van der Waals surface area contributed by atoms with E-state index < -0.39 is 6.04 Å². The van der Waals surface area contributed by atoms with Crippen LogP contribution >= 0.6 is 12.2 Å². The molecule has 4 nitrogen and oxygen atoms in total. The number of benzene rings is 1. The van der Waals surface area contributed by atoms with Crippen molar-refractivity contribution in [3.63, 3.8) is 0 Å². The second-order valence-corrected chi connectivity index (χ2v) is 4.87. The first kappa shape index (κ1) is 16.5. The normalized spacial score (nSPS) is 12.2. The van der Waals surface area contributed by atoms with Gasteiger partial charge in [0.1, 0.15) is 5.82 Å². The third-order valence-electron chi connectivity index (χ3n) is 2.85. The molecule has 1 rings (SSSR count). The Balaban J connectivity index is 2.76. The summed E-state index contributed by atoms with van der Waals surface area (Å²) in [5.74, 6) is -0.622. The lowest BCUT2D eigenvalue weighted by molar-refractivity contribution is -0.143. The molecule has 1 unspecified atom stereocenters. The average Bonchev–Trinajstić information content (AvgIpc) is 2.36. The number of carbonyl (C=O) groups is 1. The van der Waals surface area contributed by atoms with Crippen LogP contribution in [-0.4, -0.2) is 36.1 Å². The van der Waals surface area contributed by atoms with Crippen molar-refractivity contribution in [1.29, 1.82) is 0 Å². The molecular formula is C14H19FN2O2S. The van der Waals surface area contributed by atoms with Gasteiger partial charge in [-0.2, -0.15) is 0 Å². The number of rotatable bonds is 7. The molecule has 0 saturated heterocycles. The van der Waals surface area contributed by atoms with Crippen molar-refractivity contribution in [1.82, 2.24) is 4.90 Å². The number of thiocarbonyl (C=S) groups is 1. The minimum absolute atomic E-state index is 0.235. The highest BCUT2D eigenvalue weighted by Gasteiger charge is 2.21. The highest BCUT2D eigenvalue weighted by molar-refractivity contribution is 7.80. The molecule has 0 bridgehead atoms. The Hall–Kier alpha value is -1.53. The molecule has 2 N–H and O–H groups in total. The number of likely N-dealkylation sites (N-methyl/N-ethyl adjacent to an activating group) is 1. The lowest BCUT2D eigenvalue weighted by Gasteiger charge is -2.27. The fraction of sp³-hybridized carbons (Fsp3) is 0.429. The molecule has 0 aliphatic heterocycles. The number of nitrogens with zero attached hydrogens (tertiary/aromatic N) is 1. The van der Waals surface area contributed by atoms with Crippen molar-refractivity contribution < 1.29 is 13.9 Å². The van der Waals surface area contributed by atoms with Crippen LogP contribution in [0.5, 0.6) is 0 Å². The maximum atomic E-state index is 13.3. The van der Waals surface area contributed by atoms with Crippen LogP contribution in [0.1, 0.15) is 24.9 Å². The third kappa shape index (κ3) is 4.86. The predicted molar refractivity (Wildman–Crippen MR) is 79.8 cm³/mol. The van der Waals surface area contributed by atoms with E-state index in [1.807, 2.05) is 4.90 Å². The maximum absolute atomic E-state index is 13.3. The Bertz CT molecular complexity index is 482. The molecule has 1 aromatic carbocycles. The zero-order chi connectivity index (χ0) is 15.1. The zero-order valence-corrected chi connectivity index (χ0v) is 12.5. The van der Waals surface area contributed by atoms with Gasteiger partial charge in [-0.1, -0.05) is 24.4 Å². The molecule has 0 saturated carbocycles. The van der Waals surface area contributed by atoms with E-state index in [4.69, 9.17) is 22.7 Å². The largest absolute Gasteiger partial charge is 0.466 e.